The van der Waals surface area contributed by atoms with Gasteiger partial charge in [0.2, 0.25) is 0 Å². The molecule has 92 valence electrons. The molecule has 2 aliphatic rings. The number of thiophene rings is 1. The summed E-state index contributed by atoms with van der Waals surface area (Å²) >= 11 is 1.73. The summed E-state index contributed by atoms with van der Waals surface area (Å²) in [6.07, 6.45) is 4.01. The summed E-state index contributed by atoms with van der Waals surface area (Å²) in [7, 11) is 0. The second kappa shape index (κ2) is 4.21. The smallest absolute Gasteiger partial charge is 0.177 e. The zero-order chi connectivity index (χ0) is 12.0. The van der Waals surface area contributed by atoms with E-state index in [-0.39, 0.29) is 0 Å². The molecule has 2 fully saturated rings. The molecule has 0 radical (unpaired) electrons. The van der Waals surface area contributed by atoms with Crippen molar-refractivity contribution in [2.75, 3.05) is 13.1 Å². The number of carbonyl (C=O) groups is 1. The predicted octanol–water partition coefficient (Wildman–Crippen LogP) is 3.03. The third-order valence-corrected chi connectivity index (χ3v) is 5.18. The van der Waals surface area contributed by atoms with Gasteiger partial charge < -0.3 is 0 Å². The van der Waals surface area contributed by atoms with Crippen LogP contribution in [0.15, 0.2) is 6.07 Å². The van der Waals surface area contributed by atoms with E-state index in [4.69, 9.17) is 0 Å². The molecule has 0 N–H and O–H groups in total. The lowest BCUT2D eigenvalue weighted by Gasteiger charge is -2.25. The number of hydrogen-bond acceptors (Lipinski definition) is 3. The van der Waals surface area contributed by atoms with E-state index >= 15 is 0 Å². The molecule has 1 aliphatic heterocycles. The number of fused-ring (bicyclic) bond motifs is 2. The van der Waals surface area contributed by atoms with E-state index in [2.05, 4.69) is 24.8 Å². The maximum absolute atomic E-state index is 12.3. The second-order valence-electron chi connectivity index (χ2n) is 5.51. The lowest BCUT2D eigenvalue weighted by atomic mass is 10.1. The highest BCUT2D eigenvalue weighted by Gasteiger charge is 2.38. The Bertz CT molecular complexity index is 451. The van der Waals surface area contributed by atoms with Gasteiger partial charge >= 0.3 is 0 Å². The lowest BCUT2D eigenvalue weighted by Crippen LogP contribution is -2.36. The van der Waals surface area contributed by atoms with E-state index in [0.717, 1.165) is 18.0 Å². The van der Waals surface area contributed by atoms with Gasteiger partial charge in [0.05, 0.1) is 6.54 Å². The van der Waals surface area contributed by atoms with Crippen LogP contribution in [0, 0.1) is 19.8 Å². The highest BCUT2D eigenvalue weighted by Crippen LogP contribution is 2.37. The molecule has 3 rings (SSSR count). The number of nitrogens with zero attached hydrogens (tertiary/aromatic N) is 1. The van der Waals surface area contributed by atoms with Crippen LogP contribution in [-0.2, 0) is 0 Å². The highest BCUT2D eigenvalue weighted by atomic mass is 32.1. The average Bonchev–Trinajstić information content (AvgIpc) is 2.93. The van der Waals surface area contributed by atoms with Gasteiger partial charge in [0.25, 0.3) is 0 Å². The minimum Gasteiger partial charge on any atom is -0.293 e. The highest BCUT2D eigenvalue weighted by molar-refractivity contribution is 7.12. The van der Waals surface area contributed by atoms with Crippen LogP contribution in [0.3, 0.4) is 0 Å². The predicted molar refractivity (Wildman–Crippen MR) is 70.8 cm³/mol. The van der Waals surface area contributed by atoms with Crippen LogP contribution in [0.25, 0.3) is 0 Å². The van der Waals surface area contributed by atoms with Crippen molar-refractivity contribution < 1.29 is 4.79 Å². The van der Waals surface area contributed by atoms with Crippen LogP contribution in [0.5, 0.6) is 0 Å². The number of ketones is 1. The monoisotopic (exact) mass is 249 g/mol. The Morgan fingerprint density at radius 3 is 2.82 bits per heavy atom. The van der Waals surface area contributed by atoms with Gasteiger partial charge in [0.1, 0.15) is 0 Å². The standard InChI is InChI=1S/C14H19NOS/c1-9-5-13(10(2)17-9)14(16)8-15-7-11-3-4-12(15)6-11/h5,11-12H,3-4,6-8H2,1-2H3. The fourth-order valence-corrected chi connectivity index (χ4v) is 4.34. The molecule has 1 aliphatic carbocycles. The minimum absolute atomic E-state index is 0.319. The molecule has 2 unspecified atom stereocenters. The van der Waals surface area contributed by atoms with Crippen LogP contribution < -0.4 is 0 Å². The SMILES string of the molecule is Cc1cc(C(=O)CN2CC3CCC2C3)c(C)s1. The zero-order valence-corrected chi connectivity index (χ0v) is 11.3. The number of rotatable bonds is 3. The van der Waals surface area contributed by atoms with Crippen molar-refractivity contribution in [3.05, 3.63) is 21.4 Å². The van der Waals surface area contributed by atoms with Crippen LogP contribution in [0.4, 0.5) is 0 Å². The Hall–Kier alpha value is -0.670. The summed E-state index contributed by atoms with van der Waals surface area (Å²) < 4.78 is 0. The van der Waals surface area contributed by atoms with E-state index in [9.17, 15) is 4.79 Å². The normalized spacial score (nSPS) is 27.9. The number of Topliss-reactive ketones (excluding diaryl/α,β-unsaturated/α-hetero) is 1. The van der Waals surface area contributed by atoms with Crippen molar-refractivity contribution in [3.63, 3.8) is 0 Å². The summed E-state index contributed by atoms with van der Waals surface area (Å²) in [6.45, 7) is 5.92. The molecule has 3 heteroatoms. The number of aryl methyl sites for hydroxylation is 2. The molecule has 0 aromatic carbocycles. The Kier molecular flexibility index (Phi) is 2.83. The average molecular weight is 249 g/mol. The largest absolute Gasteiger partial charge is 0.293 e. The third-order valence-electron chi connectivity index (χ3n) is 4.21. The molecule has 0 spiro atoms. The van der Waals surface area contributed by atoms with Crippen molar-refractivity contribution in [3.8, 4) is 0 Å². The molecule has 2 heterocycles. The number of piperidine rings is 1. The van der Waals surface area contributed by atoms with Gasteiger partial charge in [-0.15, -0.1) is 11.3 Å². The van der Waals surface area contributed by atoms with Gasteiger partial charge in [-0.1, -0.05) is 0 Å². The summed E-state index contributed by atoms with van der Waals surface area (Å²) in [5.41, 5.74) is 0.954. The van der Waals surface area contributed by atoms with Crippen molar-refractivity contribution in [1.29, 1.82) is 0 Å². The first-order valence-corrected chi connectivity index (χ1v) is 7.29. The second-order valence-corrected chi connectivity index (χ2v) is 6.97. The van der Waals surface area contributed by atoms with Gasteiger partial charge in [-0.3, -0.25) is 9.69 Å². The van der Waals surface area contributed by atoms with Gasteiger partial charge in [0, 0.05) is 27.9 Å². The summed E-state index contributed by atoms with van der Waals surface area (Å²) in [6, 6.07) is 2.75. The molecule has 1 aromatic heterocycles. The maximum atomic E-state index is 12.3. The van der Waals surface area contributed by atoms with Crippen LogP contribution in [0.1, 0.15) is 39.4 Å². The molecule has 17 heavy (non-hydrogen) atoms. The Morgan fingerprint density at radius 2 is 2.29 bits per heavy atom. The van der Waals surface area contributed by atoms with Gasteiger partial charge in [-0.25, -0.2) is 0 Å². The quantitative estimate of drug-likeness (QED) is 0.767. The molecule has 2 nitrogen and oxygen atoms in total. The Morgan fingerprint density at radius 1 is 1.47 bits per heavy atom. The fraction of sp³-hybridized carbons (Fsp3) is 0.643. The molecular weight excluding hydrogens is 230 g/mol. The van der Waals surface area contributed by atoms with Crippen molar-refractivity contribution >= 4 is 17.1 Å². The minimum atomic E-state index is 0.319. The summed E-state index contributed by atoms with van der Waals surface area (Å²) in [5.74, 6) is 1.19. The van der Waals surface area contributed by atoms with Gasteiger partial charge in [0.15, 0.2) is 5.78 Å². The molecule has 1 saturated carbocycles. The van der Waals surface area contributed by atoms with Gasteiger partial charge in [-0.05, 0) is 45.1 Å². The summed E-state index contributed by atoms with van der Waals surface area (Å²) in [5, 5.41) is 0. The molecule has 1 saturated heterocycles. The maximum Gasteiger partial charge on any atom is 0.177 e. The Balaban J connectivity index is 1.69. The van der Waals surface area contributed by atoms with Crippen LogP contribution in [0.2, 0.25) is 0 Å². The Labute approximate surface area is 107 Å². The first-order valence-electron chi connectivity index (χ1n) is 6.48. The first kappa shape index (κ1) is 11.4. The van der Waals surface area contributed by atoms with E-state index in [1.165, 1.54) is 29.0 Å². The van der Waals surface area contributed by atoms with Crippen molar-refractivity contribution in [1.82, 2.24) is 4.90 Å². The van der Waals surface area contributed by atoms with Crippen LogP contribution >= 0.6 is 11.3 Å². The zero-order valence-electron chi connectivity index (χ0n) is 10.5. The summed E-state index contributed by atoms with van der Waals surface area (Å²) in [4.78, 5) is 17.1. The molecule has 0 amide bonds. The number of hydrogen-bond donors (Lipinski definition) is 0. The van der Waals surface area contributed by atoms with Crippen molar-refractivity contribution in [2.45, 2.75) is 39.2 Å². The lowest BCUT2D eigenvalue weighted by molar-refractivity contribution is 0.0905. The fourth-order valence-electron chi connectivity index (χ4n) is 3.40. The molecular formula is C14H19NOS. The number of likely N-dealkylation sites (tertiary alicyclic amines) is 1. The van der Waals surface area contributed by atoms with E-state index in [1.807, 2.05) is 0 Å². The van der Waals surface area contributed by atoms with E-state index in [0.29, 0.717) is 18.4 Å². The topological polar surface area (TPSA) is 20.3 Å². The number of carbonyl (C=O) groups excluding carboxylic acids is 1. The van der Waals surface area contributed by atoms with E-state index < -0.39 is 0 Å². The third kappa shape index (κ3) is 2.06. The van der Waals surface area contributed by atoms with E-state index in [1.54, 1.807) is 11.3 Å². The van der Waals surface area contributed by atoms with Crippen molar-refractivity contribution in [2.24, 2.45) is 5.92 Å². The van der Waals surface area contributed by atoms with Gasteiger partial charge in [-0.2, -0.15) is 0 Å². The molecule has 2 bridgehead atoms. The molecule has 2 atom stereocenters. The van der Waals surface area contributed by atoms with Crippen LogP contribution in [-0.4, -0.2) is 29.8 Å². The molecule has 1 aromatic rings. The first-order chi connectivity index (χ1) is 8.13.